The molecule has 1 amide bonds. The second-order valence-corrected chi connectivity index (χ2v) is 8.95. The van der Waals surface area contributed by atoms with Crippen molar-refractivity contribution in [3.05, 3.63) is 70.8 Å². The number of carbonyl (C=O) groups excluding carboxylic acids is 1. The summed E-state index contributed by atoms with van der Waals surface area (Å²) in [4.78, 5) is 12.5. The standard InChI is InChI=1S/C24H31NO/c1-17-15-19(23(2,3)4)16-20(24(5,6)7)22(17)25-21(26)14-13-18-11-9-8-10-12-18/h8-16H,1-7H3,(H,25,26). The van der Waals surface area contributed by atoms with Gasteiger partial charge in [0.25, 0.3) is 0 Å². The highest BCUT2D eigenvalue weighted by atomic mass is 16.1. The van der Waals surface area contributed by atoms with E-state index in [0.717, 1.165) is 16.8 Å². The first kappa shape index (κ1) is 20.0. The van der Waals surface area contributed by atoms with Gasteiger partial charge in [-0.1, -0.05) is 84.0 Å². The normalized spacial score (nSPS) is 12.4. The van der Waals surface area contributed by atoms with Crippen molar-refractivity contribution in [3.8, 4) is 0 Å². The molecule has 2 rings (SSSR count). The monoisotopic (exact) mass is 349 g/mol. The molecule has 0 heterocycles. The Hall–Kier alpha value is -2.35. The molecule has 0 saturated heterocycles. The second kappa shape index (κ2) is 7.49. The minimum absolute atomic E-state index is 0.0578. The van der Waals surface area contributed by atoms with Crippen LogP contribution in [0.2, 0.25) is 0 Å². The largest absolute Gasteiger partial charge is 0.322 e. The Morgan fingerprint density at radius 3 is 2.08 bits per heavy atom. The number of hydrogen-bond acceptors (Lipinski definition) is 1. The van der Waals surface area contributed by atoms with Crippen molar-refractivity contribution < 1.29 is 4.79 Å². The van der Waals surface area contributed by atoms with E-state index in [1.165, 1.54) is 11.1 Å². The van der Waals surface area contributed by atoms with Crippen LogP contribution in [0.4, 0.5) is 5.69 Å². The first-order chi connectivity index (χ1) is 12.0. The minimum atomic E-state index is -0.106. The Morgan fingerprint density at radius 1 is 0.923 bits per heavy atom. The average Bonchev–Trinajstić information content (AvgIpc) is 2.53. The van der Waals surface area contributed by atoms with Gasteiger partial charge in [-0.2, -0.15) is 0 Å². The van der Waals surface area contributed by atoms with E-state index in [0.29, 0.717) is 0 Å². The van der Waals surface area contributed by atoms with E-state index in [1.807, 2.05) is 36.4 Å². The number of anilines is 1. The van der Waals surface area contributed by atoms with E-state index in [-0.39, 0.29) is 16.7 Å². The number of carbonyl (C=O) groups is 1. The topological polar surface area (TPSA) is 29.1 Å². The summed E-state index contributed by atoms with van der Waals surface area (Å²) in [7, 11) is 0. The molecule has 0 aliphatic rings. The van der Waals surface area contributed by atoms with Gasteiger partial charge < -0.3 is 5.32 Å². The lowest BCUT2D eigenvalue weighted by atomic mass is 9.78. The summed E-state index contributed by atoms with van der Waals surface area (Å²) in [6, 6.07) is 14.3. The fourth-order valence-corrected chi connectivity index (χ4v) is 2.88. The Morgan fingerprint density at radius 2 is 1.54 bits per heavy atom. The molecule has 0 unspecified atom stereocenters. The smallest absolute Gasteiger partial charge is 0.248 e. The van der Waals surface area contributed by atoms with Crippen LogP contribution in [0.1, 0.15) is 63.8 Å². The number of nitrogens with one attached hydrogen (secondary N) is 1. The predicted octanol–water partition coefficient (Wildman–Crippen LogP) is 6.24. The van der Waals surface area contributed by atoms with Crippen LogP contribution in [0.15, 0.2) is 48.5 Å². The molecule has 0 atom stereocenters. The van der Waals surface area contributed by atoms with Crippen molar-refractivity contribution in [1.29, 1.82) is 0 Å². The third-order valence-corrected chi connectivity index (χ3v) is 4.48. The minimum Gasteiger partial charge on any atom is -0.322 e. The van der Waals surface area contributed by atoms with Gasteiger partial charge >= 0.3 is 0 Å². The number of hydrogen-bond donors (Lipinski definition) is 1. The quantitative estimate of drug-likeness (QED) is 0.653. The lowest BCUT2D eigenvalue weighted by Gasteiger charge is -2.29. The molecular formula is C24H31NO. The second-order valence-electron chi connectivity index (χ2n) is 8.95. The van der Waals surface area contributed by atoms with Crippen LogP contribution in [0.5, 0.6) is 0 Å². The zero-order chi connectivity index (χ0) is 19.5. The average molecular weight is 350 g/mol. The summed E-state index contributed by atoms with van der Waals surface area (Å²) >= 11 is 0. The van der Waals surface area contributed by atoms with Crippen molar-refractivity contribution in [2.75, 3.05) is 5.32 Å². The van der Waals surface area contributed by atoms with Crippen LogP contribution in [-0.4, -0.2) is 5.91 Å². The Kier molecular flexibility index (Phi) is 5.75. The third-order valence-electron chi connectivity index (χ3n) is 4.48. The molecule has 2 nitrogen and oxygen atoms in total. The summed E-state index contributed by atoms with van der Waals surface area (Å²) in [6.45, 7) is 15.3. The van der Waals surface area contributed by atoms with Gasteiger partial charge in [-0.25, -0.2) is 0 Å². The van der Waals surface area contributed by atoms with Gasteiger partial charge in [0.05, 0.1) is 0 Å². The van der Waals surface area contributed by atoms with Crippen molar-refractivity contribution >= 4 is 17.7 Å². The van der Waals surface area contributed by atoms with Gasteiger partial charge in [0, 0.05) is 11.8 Å². The van der Waals surface area contributed by atoms with E-state index in [2.05, 4.69) is 65.9 Å². The Bertz CT molecular complexity index is 803. The zero-order valence-electron chi connectivity index (χ0n) is 17.1. The predicted molar refractivity (Wildman–Crippen MR) is 113 cm³/mol. The van der Waals surface area contributed by atoms with E-state index < -0.39 is 0 Å². The number of rotatable bonds is 3. The highest BCUT2D eigenvalue weighted by Gasteiger charge is 2.24. The van der Waals surface area contributed by atoms with Gasteiger partial charge in [-0.05, 0) is 46.1 Å². The SMILES string of the molecule is Cc1cc(C(C)(C)C)cc(C(C)(C)C)c1NC(=O)C=Cc1ccccc1. The fourth-order valence-electron chi connectivity index (χ4n) is 2.88. The van der Waals surface area contributed by atoms with Crippen molar-refractivity contribution in [1.82, 2.24) is 0 Å². The number of aryl methyl sites for hydroxylation is 1. The summed E-state index contributed by atoms with van der Waals surface area (Å²) in [5, 5.41) is 3.11. The van der Waals surface area contributed by atoms with Gasteiger partial charge in [-0.3, -0.25) is 4.79 Å². The summed E-state index contributed by atoms with van der Waals surface area (Å²) in [5.74, 6) is -0.106. The van der Waals surface area contributed by atoms with Crippen molar-refractivity contribution in [3.63, 3.8) is 0 Å². The van der Waals surface area contributed by atoms with Gasteiger partial charge in [0.1, 0.15) is 0 Å². The maximum absolute atomic E-state index is 12.5. The lowest BCUT2D eigenvalue weighted by Crippen LogP contribution is -2.21. The third kappa shape index (κ3) is 5.08. The van der Waals surface area contributed by atoms with E-state index in [4.69, 9.17) is 0 Å². The highest BCUT2D eigenvalue weighted by molar-refractivity contribution is 6.03. The number of amides is 1. The van der Waals surface area contributed by atoms with Crippen molar-refractivity contribution in [2.24, 2.45) is 0 Å². The summed E-state index contributed by atoms with van der Waals surface area (Å²) in [5.41, 5.74) is 5.51. The maximum Gasteiger partial charge on any atom is 0.248 e. The van der Waals surface area contributed by atoms with Crippen LogP contribution in [0.25, 0.3) is 6.08 Å². The van der Waals surface area contributed by atoms with Gasteiger partial charge in [0.15, 0.2) is 0 Å². The molecule has 2 aromatic carbocycles. The Labute approximate surface area is 158 Å². The molecule has 26 heavy (non-hydrogen) atoms. The Balaban J connectivity index is 2.36. The molecule has 0 saturated carbocycles. The summed E-state index contributed by atoms with van der Waals surface area (Å²) in [6.07, 6.45) is 3.43. The fraction of sp³-hybridized carbons (Fsp3) is 0.375. The molecule has 138 valence electrons. The van der Waals surface area contributed by atoms with Crippen molar-refractivity contribution in [2.45, 2.75) is 59.3 Å². The number of benzene rings is 2. The molecule has 0 bridgehead atoms. The first-order valence-corrected chi connectivity index (χ1v) is 9.18. The molecule has 2 aromatic rings. The molecule has 0 aliphatic carbocycles. The molecule has 1 N–H and O–H groups in total. The summed E-state index contributed by atoms with van der Waals surface area (Å²) < 4.78 is 0. The van der Waals surface area contributed by atoms with Crippen LogP contribution < -0.4 is 5.32 Å². The molecule has 0 aliphatic heterocycles. The van der Waals surface area contributed by atoms with Gasteiger partial charge in [0.2, 0.25) is 5.91 Å². The van der Waals surface area contributed by atoms with E-state index in [1.54, 1.807) is 6.08 Å². The molecular weight excluding hydrogens is 318 g/mol. The molecule has 0 aromatic heterocycles. The highest BCUT2D eigenvalue weighted by Crippen LogP contribution is 2.36. The first-order valence-electron chi connectivity index (χ1n) is 9.18. The van der Waals surface area contributed by atoms with Gasteiger partial charge in [-0.15, -0.1) is 0 Å². The van der Waals surface area contributed by atoms with E-state index in [9.17, 15) is 4.79 Å². The van der Waals surface area contributed by atoms with Crippen LogP contribution >= 0.6 is 0 Å². The molecule has 2 heteroatoms. The van der Waals surface area contributed by atoms with E-state index >= 15 is 0 Å². The zero-order valence-corrected chi connectivity index (χ0v) is 17.1. The molecule has 0 spiro atoms. The van der Waals surface area contributed by atoms with Crippen LogP contribution in [0.3, 0.4) is 0 Å². The van der Waals surface area contributed by atoms with Crippen LogP contribution in [-0.2, 0) is 15.6 Å². The maximum atomic E-state index is 12.5. The lowest BCUT2D eigenvalue weighted by molar-refractivity contribution is -0.111. The molecule has 0 radical (unpaired) electrons. The molecule has 0 fully saturated rings. The van der Waals surface area contributed by atoms with Crippen LogP contribution in [0, 0.1) is 6.92 Å².